The Morgan fingerprint density at radius 2 is 0.359 bits per heavy atom. The molecule has 7 aromatic heterocycles. The van der Waals surface area contributed by atoms with Gasteiger partial charge in [-0.25, -0.2) is 9.97 Å². The summed E-state index contributed by atoms with van der Waals surface area (Å²) in [4.78, 5) is 33.1. The molecule has 0 unspecified atom stereocenters. The van der Waals surface area contributed by atoms with E-state index in [-0.39, 0.29) is 0 Å². The summed E-state index contributed by atoms with van der Waals surface area (Å²) in [7, 11) is 0. The van der Waals surface area contributed by atoms with Crippen LogP contribution in [0.4, 0.5) is 0 Å². The van der Waals surface area contributed by atoms with Crippen molar-refractivity contribution in [1.29, 1.82) is 0 Å². The average Bonchev–Trinajstić information content (AvgIpc) is 3.56. The molecule has 13 rings (SSSR count). The third kappa shape index (κ3) is 10.1. The van der Waals surface area contributed by atoms with Crippen LogP contribution in [0.15, 0.2) is 286 Å². The first-order valence-corrected chi connectivity index (χ1v) is 25.8. The van der Waals surface area contributed by atoms with Crippen molar-refractivity contribution >= 4 is 0 Å². The van der Waals surface area contributed by atoms with Gasteiger partial charge >= 0.3 is 0 Å². The molecule has 0 atom stereocenters. The van der Waals surface area contributed by atoms with Crippen molar-refractivity contribution in [3.8, 4) is 134 Å². The molecule has 13 aromatic rings. The van der Waals surface area contributed by atoms with Gasteiger partial charge in [0.25, 0.3) is 0 Å². The minimum Gasteiger partial charge on any atom is -0.264 e. The van der Waals surface area contributed by atoms with Crippen LogP contribution in [0.3, 0.4) is 0 Å². The third-order valence-electron chi connectivity index (χ3n) is 14.1. The molecule has 0 N–H and O–H groups in total. The van der Waals surface area contributed by atoms with Gasteiger partial charge in [-0.3, -0.25) is 24.9 Å². The van der Waals surface area contributed by atoms with Gasteiger partial charge in [-0.2, -0.15) is 0 Å². The van der Waals surface area contributed by atoms with E-state index >= 15 is 0 Å². The molecular weight excluding hydrogens is 951 g/mol. The number of benzene rings is 6. The van der Waals surface area contributed by atoms with Gasteiger partial charge < -0.3 is 0 Å². The highest BCUT2D eigenvalue weighted by Crippen LogP contribution is 2.38. The van der Waals surface area contributed by atoms with Crippen molar-refractivity contribution in [2.75, 3.05) is 0 Å². The number of nitrogens with zero attached hydrogens (tertiary/aromatic N) is 7. The summed E-state index contributed by atoms with van der Waals surface area (Å²) in [5.41, 5.74) is 24.4. The van der Waals surface area contributed by atoms with Gasteiger partial charge in [0.05, 0.1) is 22.8 Å². The van der Waals surface area contributed by atoms with E-state index in [0.29, 0.717) is 0 Å². The SMILES string of the molecule is c1cncc(-c2cccc(-c3cc(-c4cccc(-c5cncc(-c6cccc(-c7cc(-c8cccc(-c9cccnc9)c8)nc(-c8cccc(-c9cccnc9)c8)c7)c6)c5)c4)cc(-c4cccc(-c5cccnc5)c4)n3)c2)c1. The molecule has 0 radical (unpaired) electrons. The van der Waals surface area contributed by atoms with E-state index in [0.717, 1.165) is 134 Å². The second-order valence-electron chi connectivity index (χ2n) is 19.2. The van der Waals surface area contributed by atoms with Crippen LogP contribution in [0.1, 0.15) is 0 Å². The zero-order chi connectivity index (χ0) is 52.0. The smallest absolute Gasteiger partial charge is 0.0715 e. The van der Waals surface area contributed by atoms with Crippen molar-refractivity contribution in [3.63, 3.8) is 0 Å². The largest absolute Gasteiger partial charge is 0.264 e. The maximum Gasteiger partial charge on any atom is 0.0715 e. The summed E-state index contributed by atoms with van der Waals surface area (Å²) in [6, 6.07) is 78.8. The van der Waals surface area contributed by atoms with E-state index in [4.69, 9.17) is 15.0 Å². The number of rotatable bonds is 12. The van der Waals surface area contributed by atoms with E-state index in [1.54, 1.807) is 24.8 Å². The van der Waals surface area contributed by atoms with Crippen LogP contribution in [0.5, 0.6) is 0 Å². The summed E-state index contributed by atoms with van der Waals surface area (Å²) in [5, 5.41) is 0. The highest BCUT2D eigenvalue weighted by molar-refractivity contribution is 5.85. The fraction of sp³-hybridized carbons (Fsp3) is 0. The second kappa shape index (κ2) is 21.3. The van der Waals surface area contributed by atoms with Crippen molar-refractivity contribution < 1.29 is 0 Å². The molecule has 7 heterocycles. The van der Waals surface area contributed by atoms with Gasteiger partial charge in [-0.1, -0.05) is 133 Å². The molecule has 7 heteroatoms. The molecule has 7 nitrogen and oxygen atoms in total. The predicted molar refractivity (Wildman–Crippen MR) is 316 cm³/mol. The van der Waals surface area contributed by atoms with Gasteiger partial charge in [0.15, 0.2) is 0 Å². The van der Waals surface area contributed by atoms with E-state index < -0.39 is 0 Å². The molecule has 0 aliphatic carbocycles. The van der Waals surface area contributed by atoms with Crippen molar-refractivity contribution in [1.82, 2.24) is 34.9 Å². The summed E-state index contributed by atoms with van der Waals surface area (Å²) < 4.78 is 0. The van der Waals surface area contributed by atoms with E-state index in [1.807, 2.05) is 61.4 Å². The minimum atomic E-state index is 0.874. The van der Waals surface area contributed by atoms with Crippen LogP contribution in [0.25, 0.3) is 134 Å². The molecule has 0 spiro atoms. The Labute approximate surface area is 453 Å². The number of aromatic nitrogens is 7. The first-order chi connectivity index (χ1) is 38.6. The van der Waals surface area contributed by atoms with Gasteiger partial charge in [0.2, 0.25) is 0 Å². The molecule has 6 aromatic carbocycles. The Kier molecular flexibility index (Phi) is 12.9. The van der Waals surface area contributed by atoms with Crippen LogP contribution in [0.2, 0.25) is 0 Å². The Morgan fingerprint density at radius 3 is 0.628 bits per heavy atom. The van der Waals surface area contributed by atoms with Crippen molar-refractivity contribution in [2.45, 2.75) is 0 Å². The lowest BCUT2D eigenvalue weighted by atomic mass is 9.94. The van der Waals surface area contributed by atoms with Gasteiger partial charge in [-0.15, -0.1) is 0 Å². The zero-order valence-electron chi connectivity index (χ0n) is 42.3. The zero-order valence-corrected chi connectivity index (χ0v) is 42.3. The first kappa shape index (κ1) is 47.1. The molecule has 0 saturated heterocycles. The van der Waals surface area contributed by atoms with Crippen molar-refractivity contribution in [2.24, 2.45) is 0 Å². The van der Waals surface area contributed by atoms with E-state index in [9.17, 15) is 0 Å². The first-order valence-electron chi connectivity index (χ1n) is 25.8. The topological polar surface area (TPSA) is 90.2 Å². The quantitative estimate of drug-likeness (QED) is 0.120. The monoisotopic (exact) mass is 997 g/mol. The summed E-state index contributed by atoms with van der Waals surface area (Å²) in [5.74, 6) is 0. The summed E-state index contributed by atoms with van der Waals surface area (Å²) in [6.45, 7) is 0. The normalized spacial score (nSPS) is 11.1. The van der Waals surface area contributed by atoms with Gasteiger partial charge in [0.1, 0.15) is 0 Å². The van der Waals surface area contributed by atoms with Crippen LogP contribution in [-0.2, 0) is 0 Å². The summed E-state index contributed by atoms with van der Waals surface area (Å²) in [6.07, 6.45) is 18.7. The predicted octanol–water partition coefficient (Wildman–Crippen LogP) is 17.5. The lowest BCUT2D eigenvalue weighted by Crippen LogP contribution is -1.93. The molecule has 0 amide bonds. The lowest BCUT2D eigenvalue weighted by molar-refractivity contribution is 1.31. The molecule has 366 valence electrons. The fourth-order valence-electron chi connectivity index (χ4n) is 10.1. The minimum absolute atomic E-state index is 0.874. The van der Waals surface area contributed by atoms with Crippen molar-refractivity contribution in [3.05, 3.63) is 286 Å². The van der Waals surface area contributed by atoms with Crippen LogP contribution >= 0.6 is 0 Å². The van der Waals surface area contributed by atoms with Crippen LogP contribution < -0.4 is 0 Å². The average molecular weight is 998 g/mol. The van der Waals surface area contributed by atoms with E-state index in [1.165, 1.54) is 0 Å². The number of hydrogen-bond donors (Lipinski definition) is 0. The number of hydrogen-bond acceptors (Lipinski definition) is 7. The number of pyridine rings is 7. The van der Waals surface area contributed by atoms with E-state index in [2.05, 4.69) is 220 Å². The molecule has 0 bridgehead atoms. The Hall–Kier alpha value is -10.6. The third-order valence-corrected chi connectivity index (χ3v) is 14.1. The molecule has 0 fully saturated rings. The van der Waals surface area contributed by atoms with Gasteiger partial charge in [-0.05, 0) is 147 Å². The molecule has 0 aliphatic rings. The standard InChI is InChI=1S/C71H47N7/c1-15-52(64-38-68(56-19-3-11-48(33-56)60-23-7-27-72-42-60)77-69(39-64)57-20-4-12-49(34-57)61-24-8-28-73-43-61)31-54(17-1)66-37-67(47-76-46-66)55-18-2-16-53(32-55)65-40-70(58-21-5-13-50(35-58)62-25-9-29-74-44-62)78-71(41-65)59-22-6-14-51(36-59)63-26-10-30-75-45-63/h1-47H. The highest BCUT2D eigenvalue weighted by Gasteiger charge is 2.16. The fourth-order valence-corrected chi connectivity index (χ4v) is 10.1. The highest BCUT2D eigenvalue weighted by atomic mass is 14.7. The lowest BCUT2D eigenvalue weighted by Gasteiger charge is -2.14. The Bertz CT molecular complexity index is 3790. The molecule has 78 heavy (non-hydrogen) atoms. The van der Waals surface area contributed by atoms with Gasteiger partial charge in [0, 0.05) is 118 Å². The Morgan fingerprint density at radius 1 is 0.154 bits per heavy atom. The molecule has 0 saturated carbocycles. The molecular formula is C71H47N7. The van der Waals surface area contributed by atoms with Crippen LogP contribution in [0, 0.1) is 0 Å². The maximum atomic E-state index is 5.34. The maximum absolute atomic E-state index is 5.34. The molecule has 0 aliphatic heterocycles. The Balaban J connectivity index is 0.867. The summed E-state index contributed by atoms with van der Waals surface area (Å²) >= 11 is 0. The van der Waals surface area contributed by atoms with Crippen LogP contribution in [-0.4, -0.2) is 34.9 Å². The second-order valence-corrected chi connectivity index (χ2v) is 19.2.